The molecule has 0 rings (SSSR count). The van der Waals surface area contributed by atoms with E-state index >= 15 is 0 Å². The standard InChI is InChI=1S/C9H22N2/c1-3-5-6-9(8-10)11-7-4-2/h9,11H,3-8,10H2,1-2H3. The first-order chi connectivity index (χ1) is 5.35. The van der Waals surface area contributed by atoms with Gasteiger partial charge in [0.05, 0.1) is 0 Å². The Kier molecular flexibility index (Phi) is 7.96. The van der Waals surface area contributed by atoms with Gasteiger partial charge in [-0.15, -0.1) is 0 Å². The molecule has 0 saturated carbocycles. The molecule has 0 fully saturated rings. The van der Waals surface area contributed by atoms with Gasteiger partial charge in [-0.3, -0.25) is 0 Å². The Morgan fingerprint density at radius 3 is 2.45 bits per heavy atom. The van der Waals surface area contributed by atoms with Crippen molar-refractivity contribution in [1.29, 1.82) is 0 Å². The summed E-state index contributed by atoms with van der Waals surface area (Å²) in [6.45, 7) is 6.28. The van der Waals surface area contributed by atoms with Gasteiger partial charge in [0.15, 0.2) is 0 Å². The molecule has 2 nitrogen and oxygen atoms in total. The van der Waals surface area contributed by atoms with Gasteiger partial charge in [-0.25, -0.2) is 0 Å². The van der Waals surface area contributed by atoms with Gasteiger partial charge in [-0.05, 0) is 19.4 Å². The largest absolute Gasteiger partial charge is 0.329 e. The Morgan fingerprint density at radius 1 is 1.27 bits per heavy atom. The molecule has 0 aromatic rings. The molecule has 1 atom stereocenters. The Morgan fingerprint density at radius 2 is 2.00 bits per heavy atom. The minimum atomic E-state index is 0.551. The van der Waals surface area contributed by atoms with Crippen molar-refractivity contribution in [1.82, 2.24) is 5.32 Å². The number of rotatable bonds is 7. The summed E-state index contributed by atoms with van der Waals surface area (Å²) in [7, 11) is 0. The molecule has 0 radical (unpaired) electrons. The fourth-order valence-electron chi connectivity index (χ4n) is 1.10. The van der Waals surface area contributed by atoms with Crippen LogP contribution in [0.25, 0.3) is 0 Å². The molecule has 68 valence electrons. The van der Waals surface area contributed by atoms with Gasteiger partial charge in [0.25, 0.3) is 0 Å². The van der Waals surface area contributed by atoms with Crippen LogP contribution in [0.3, 0.4) is 0 Å². The first kappa shape index (κ1) is 10.9. The van der Waals surface area contributed by atoms with E-state index in [1.54, 1.807) is 0 Å². The topological polar surface area (TPSA) is 38.0 Å². The van der Waals surface area contributed by atoms with Crippen LogP contribution in [0.15, 0.2) is 0 Å². The van der Waals surface area contributed by atoms with Gasteiger partial charge in [-0.1, -0.05) is 26.7 Å². The lowest BCUT2D eigenvalue weighted by Gasteiger charge is -2.15. The molecule has 0 aromatic heterocycles. The highest BCUT2D eigenvalue weighted by Gasteiger charge is 2.02. The highest BCUT2D eigenvalue weighted by atomic mass is 14.9. The van der Waals surface area contributed by atoms with Crippen LogP contribution in [0.5, 0.6) is 0 Å². The maximum Gasteiger partial charge on any atom is 0.0190 e. The van der Waals surface area contributed by atoms with E-state index in [2.05, 4.69) is 19.2 Å². The number of hydrogen-bond donors (Lipinski definition) is 2. The van der Waals surface area contributed by atoms with Crippen molar-refractivity contribution in [3.8, 4) is 0 Å². The predicted octanol–water partition coefficient (Wildman–Crippen LogP) is 1.50. The molecule has 0 aliphatic heterocycles. The number of hydrogen-bond acceptors (Lipinski definition) is 2. The van der Waals surface area contributed by atoms with Crippen LogP contribution >= 0.6 is 0 Å². The van der Waals surface area contributed by atoms with Crippen molar-refractivity contribution >= 4 is 0 Å². The lowest BCUT2D eigenvalue weighted by Crippen LogP contribution is -2.36. The highest BCUT2D eigenvalue weighted by molar-refractivity contribution is 4.66. The average molecular weight is 158 g/mol. The fourth-order valence-corrected chi connectivity index (χ4v) is 1.10. The molecule has 1 unspecified atom stereocenters. The monoisotopic (exact) mass is 158 g/mol. The molecule has 0 saturated heterocycles. The summed E-state index contributed by atoms with van der Waals surface area (Å²) in [5, 5.41) is 3.43. The highest BCUT2D eigenvalue weighted by Crippen LogP contribution is 1.98. The normalized spacial score (nSPS) is 13.4. The molecule has 0 heterocycles. The van der Waals surface area contributed by atoms with Crippen LogP contribution in [-0.4, -0.2) is 19.1 Å². The number of nitrogens with two attached hydrogens (primary N) is 1. The van der Waals surface area contributed by atoms with Crippen LogP contribution in [0, 0.1) is 0 Å². The third-order valence-corrected chi connectivity index (χ3v) is 1.87. The van der Waals surface area contributed by atoms with Crippen molar-refractivity contribution in [3.63, 3.8) is 0 Å². The van der Waals surface area contributed by atoms with Crippen molar-refractivity contribution in [2.75, 3.05) is 13.1 Å². The smallest absolute Gasteiger partial charge is 0.0190 e. The second-order valence-corrected chi connectivity index (χ2v) is 3.03. The van der Waals surface area contributed by atoms with E-state index < -0.39 is 0 Å². The van der Waals surface area contributed by atoms with E-state index in [9.17, 15) is 0 Å². The number of unbranched alkanes of at least 4 members (excludes halogenated alkanes) is 1. The zero-order valence-corrected chi connectivity index (χ0v) is 7.90. The van der Waals surface area contributed by atoms with E-state index in [0.29, 0.717) is 6.04 Å². The molecule has 0 bridgehead atoms. The fraction of sp³-hybridized carbons (Fsp3) is 1.00. The first-order valence-corrected chi connectivity index (χ1v) is 4.78. The molecule has 3 N–H and O–H groups in total. The van der Waals surface area contributed by atoms with Crippen molar-refractivity contribution in [3.05, 3.63) is 0 Å². The first-order valence-electron chi connectivity index (χ1n) is 4.78. The lowest BCUT2D eigenvalue weighted by molar-refractivity contribution is 0.472. The minimum Gasteiger partial charge on any atom is -0.329 e. The van der Waals surface area contributed by atoms with Gasteiger partial charge in [-0.2, -0.15) is 0 Å². The van der Waals surface area contributed by atoms with E-state index in [1.165, 1.54) is 25.7 Å². The summed E-state index contributed by atoms with van der Waals surface area (Å²) in [6, 6.07) is 0.551. The molecule has 0 aliphatic rings. The zero-order valence-electron chi connectivity index (χ0n) is 7.90. The molecule has 0 aliphatic carbocycles. The van der Waals surface area contributed by atoms with Crippen LogP contribution in [-0.2, 0) is 0 Å². The second-order valence-electron chi connectivity index (χ2n) is 3.03. The van der Waals surface area contributed by atoms with Crippen molar-refractivity contribution in [2.45, 2.75) is 45.6 Å². The minimum absolute atomic E-state index is 0.551. The number of nitrogens with one attached hydrogen (secondary N) is 1. The summed E-state index contributed by atoms with van der Waals surface area (Å²) in [5.74, 6) is 0. The maximum atomic E-state index is 5.59. The van der Waals surface area contributed by atoms with E-state index in [1.807, 2.05) is 0 Å². The quantitative estimate of drug-likeness (QED) is 0.589. The Bertz CT molecular complexity index is 66.0. The molecule has 0 aromatic carbocycles. The van der Waals surface area contributed by atoms with Crippen molar-refractivity contribution in [2.24, 2.45) is 5.73 Å². The van der Waals surface area contributed by atoms with Gasteiger partial charge in [0.2, 0.25) is 0 Å². The summed E-state index contributed by atoms with van der Waals surface area (Å²) in [4.78, 5) is 0. The van der Waals surface area contributed by atoms with Crippen LogP contribution in [0.1, 0.15) is 39.5 Å². The molecule has 0 amide bonds. The molecule has 2 heteroatoms. The molecular weight excluding hydrogens is 136 g/mol. The summed E-state index contributed by atoms with van der Waals surface area (Å²) < 4.78 is 0. The SMILES string of the molecule is CCCCC(CN)NCCC. The van der Waals surface area contributed by atoms with E-state index in [0.717, 1.165) is 13.1 Å². The third-order valence-electron chi connectivity index (χ3n) is 1.87. The van der Waals surface area contributed by atoms with Crippen LogP contribution < -0.4 is 11.1 Å². The summed E-state index contributed by atoms with van der Waals surface area (Å²) >= 11 is 0. The molecule has 0 spiro atoms. The maximum absolute atomic E-state index is 5.59. The Balaban J connectivity index is 3.25. The molecular formula is C9H22N2. The Labute approximate surface area is 70.5 Å². The van der Waals surface area contributed by atoms with E-state index in [4.69, 9.17) is 5.73 Å². The summed E-state index contributed by atoms with van der Waals surface area (Å²) in [6.07, 6.45) is 4.98. The average Bonchev–Trinajstić information content (AvgIpc) is 2.05. The lowest BCUT2D eigenvalue weighted by atomic mass is 10.1. The predicted molar refractivity (Wildman–Crippen MR) is 50.7 cm³/mol. The van der Waals surface area contributed by atoms with Crippen LogP contribution in [0.4, 0.5) is 0 Å². The van der Waals surface area contributed by atoms with Crippen molar-refractivity contribution < 1.29 is 0 Å². The third kappa shape index (κ3) is 6.32. The second kappa shape index (κ2) is 8.02. The van der Waals surface area contributed by atoms with Gasteiger partial charge in [0, 0.05) is 12.6 Å². The summed E-state index contributed by atoms with van der Waals surface area (Å²) in [5.41, 5.74) is 5.59. The van der Waals surface area contributed by atoms with Gasteiger partial charge in [0.1, 0.15) is 0 Å². The van der Waals surface area contributed by atoms with Gasteiger partial charge < -0.3 is 11.1 Å². The van der Waals surface area contributed by atoms with E-state index in [-0.39, 0.29) is 0 Å². The zero-order chi connectivity index (χ0) is 8.53. The molecule has 11 heavy (non-hydrogen) atoms. The van der Waals surface area contributed by atoms with Gasteiger partial charge >= 0.3 is 0 Å². The van der Waals surface area contributed by atoms with Crippen LogP contribution in [0.2, 0.25) is 0 Å². The Hall–Kier alpha value is -0.0800.